The van der Waals surface area contributed by atoms with Crippen LogP contribution in [0.5, 0.6) is 0 Å². The predicted molar refractivity (Wildman–Crippen MR) is 93.2 cm³/mol. The van der Waals surface area contributed by atoms with E-state index >= 15 is 0 Å². The summed E-state index contributed by atoms with van der Waals surface area (Å²) in [4.78, 5) is 21.1. The van der Waals surface area contributed by atoms with Crippen molar-refractivity contribution in [3.63, 3.8) is 0 Å². The molecule has 0 unspecified atom stereocenters. The Kier molecular flexibility index (Phi) is 5.13. The molecule has 1 amide bonds. The van der Waals surface area contributed by atoms with Gasteiger partial charge in [-0.15, -0.1) is 0 Å². The van der Waals surface area contributed by atoms with E-state index in [-0.39, 0.29) is 5.91 Å². The number of anilines is 1. The molecule has 24 heavy (non-hydrogen) atoms. The van der Waals surface area contributed by atoms with E-state index in [0.717, 1.165) is 25.3 Å². The van der Waals surface area contributed by atoms with Crippen LogP contribution in [0, 0.1) is 0 Å². The van der Waals surface area contributed by atoms with Gasteiger partial charge in [0.25, 0.3) is 5.91 Å². The molecule has 1 saturated heterocycles. The fourth-order valence-electron chi connectivity index (χ4n) is 2.91. The third kappa shape index (κ3) is 3.75. The monoisotopic (exact) mass is 325 g/mol. The highest BCUT2D eigenvalue weighted by Crippen LogP contribution is 2.14. The predicted octanol–water partition coefficient (Wildman–Crippen LogP) is 0.114. The second kappa shape index (κ2) is 7.46. The van der Waals surface area contributed by atoms with Crippen molar-refractivity contribution in [3.8, 4) is 0 Å². The lowest BCUT2D eigenvalue weighted by molar-refractivity contribution is 0.0767. The minimum atomic E-state index is -1.57. The SMILES string of the molecule is O=C(c1cccc(B(O)O)c1)N1CCCN(c2ccccn2)CC1. The molecule has 0 aliphatic carbocycles. The topological polar surface area (TPSA) is 76.9 Å². The van der Waals surface area contributed by atoms with Crippen molar-refractivity contribution in [1.82, 2.24) is 9.88 Å². The first kappa shape index (κ1) is 16.5. The van der Waals surface area contributed by atoms with Crippen molar-refractivity contribution >= 4 is 24.3 Å². The average Bonchev–Trinajstić information content (AvgIpc) is 2.88. The number of amides is 1. The Labute approximate surface area is 141 Å². The van der Waals surface area contributed by atoms with Crippen LogP contribution in [0.2, 0.25) is 0 Å². The van der Waals surface area contributed by atoms with Gasteiger partial charge in [-0.3, -0.25) is 4.79 Å². The molecule has 1 aliphatic heterocycles. The van der Waals surface area contributed by atoms with Gasteiger partial charge < -0.3 is 19.8 Å². The quantitative estimate of drug-likeness (QED) is 0.784. The Morgan fingerprint density at radius 2 is 1.92 bits per heavy atom. The molecule has 0 spiro atoms. The summed E-state index contributed by atoms with van der Waals surface area (Å²) >= 11 is 0. The van der Waals surface area contributed by atoms with E-state index in [1.165, 1.54) is 6.07 Å². The van der Waals surface area contributed by atoms with E-state index in [9.17, 15) is 14.8 Å². The van der Waals surface area contributed by atoms with Gasteiger partial charge in [-0.2, -0.15) is 0 Å². The maximum Gasteiger partial charge on any atom is 0.488 e. The number of benzene rings is 1. The Hall–Kier alpha value is -2.38. The molecule has 2 N–H and O–H groups in total. The molecular weight excluding hydrogens is 305 g/mol. The molecule has 2 heterocycles. The van der Waals surface area contributed by atoms with Crippen molar-refractivity contribution < 1.29 is 14.8 Å². The van der Waals surface area contributed by atoms with Crippen LogP contribution in [-0.4, -0.2) is 59.1 Å². The van der Waals surface area contributed by atoms with Gasteiger partial charge in [-0.05, 0) is 36.1 Å². The lowest BCUT2D eigenvalue weighted by Crippen LogP contribution is -2.36. The second-order valence-electron chi connectivity index (χ2n) is 5.82. The number of carbonyl (C=O) groups excluding carboxylic acids is 1. The highest BCUT2D eigenvalue weighted by molar-refractivity contribution is 6.58. The van der Waals surface area contributed by atoms with Crippen LogP contribution >= 0.6 is 0 Å². The van der Waals surface area contributed by atoms with E-state index in [2.05, 4.69) is 9.88 Å². The summed E-state index contributed by atoms with van der Waals surface area (Å²) in [5.74, 6) is 0.845. The molecule has 1 fully saturated rings. The number of rotatable bonds is 3. The zero-order valence-corrected chi connectivity index (χ0v) is 13.4. The number of pyridine rings is 1. The van der Waals surface area contributed by atoms with Crippen molar-refractivity contribution in [1.29, 1.82) is 0 Å². The van der Waals surface area contributed by atoms with Gasteiger partial charge in [0.2, 0.25) is 0 Å². The van der Waals surface area contributed by atoms with Crippen LogP contribution < -0.4 is 10.4 Å². The zero-order valence-electron chi connectivity index (χ0n) is 13.4. The zero-order chi connectivity index (χ0) is 16.9. The van der Waals surface area contributed by atoms with Crippen LogP contribution in [0.25, 0.3) is 0 Å². The minimum absolute atomic E-state index is 0.0830. The van der Waals surface area contributed by atoms with Gasteiger partial charge in [0.1, 0.15) is 5.82 Å². The molecule has 1 aromatic heterocycles. The molecule has 2 aromatic rings. The molecule has 0 bridgehead atoms. The average molecular weight is 325 g/mol. The number of carbonyl (C=O) groups is 1. The first-order valence-electron chi connectivity index (χ1n) is 8.06. The third-order valence-electron chi connectivity index (χ3n) is 4.19. The van der Waals surface area contributed by atoms with Gasteiger partial charge in [0, 0.05) is 37.9 Å². The van der Waals surface area contributed by atoms with Gasteiger partial charge in [-0.1, -0.05) is 18.2 Å². The second-order valence-corrected chi connectivity index (χ2v) is 5.82. The molecule has 6 nitrogen and oxygen atoms in total. The van der Waals surface area contributed by atoms with Crippen LogP contribution in [0.4, 0.5) is 5.82 Å². The summed E-state index contributed by atoms with van der Waals surface area (Å²) in [6, 6.07) is 12.3. The summed E-state index contributed by atoms with van der Waals surface area (Å²) in [7, 11) is -1.57. The van der Waals surface area contributed by atoms with E-state index < -0.39 is 7.12 Å². The van der Waals surface area contributed by atoms with Crippen molar-refractivity contribution in [2.45, 2.75) is 6.42 Å². The summed E-state index contributed by atoms with van der Waals surface area (Å²) in [5.41, 5.74) is 0.803. The molecule has 1 aliphatic rings. The molecule has 0 radical (unpaired) electrons. The number of nitrogens with zero attached hydrogens (tertiary/aromatic N) is 3. The number of hydrogen-bond donors (Lipinski definition) is 2. The fourth-order valence-corrected chi connectivity index (χ4v) is 2.91. The van der Waals surface area contributed by atoms with Gasteiger partial charge >= 0.3 is 7.12 Å². The van der Waals surface area contributed by atoms with Crippen molar-refractivity contribution in [2.75, 3.05) is 31.1 Å². The summed E-state index contributed by atoms with van der Waals surface area (Å²) < 4.78 is 0. The third-order valence-corrected chi connectivity index (χ3v) is 4.19. The van der Waals surface area contributed by atoms with E-state index in [1.807, 2.05) is 23.1 Å². The van der Waals surface area contributed by atoms with Crippen LogP contribution in [0.3, 0.4) is 0 Å². The van der Waals surface area contributed by atoms with Crippen LogP contribution in [0.15, 0.2) is 48.7 Å². The van der Waals surface area contributed by atoms with Crippen LogP contribution in [-0.2, 0) is 0 Å². The van der Waals surface area contributed by atoms with E-state index in [0.29, 0.717) is 24.1 Å². The normalized spacial score (nSPS) is 15.1. The molecule has 7 heteroatoms. The molecule has 3 rings (SSSR count). The van der Waals surface area contributed by atoms with Gasteiger partial charge in [0.05, 0.1) is 0 Å². The number of aromatic nitrogens is 1. The smallest absolute Gasteiger partial charge is 0.423 e. The summed E-state index contributed by atoms with van der Waals surface area (Å²) in [6.45, 7) is 2.87. The summed E-state index contributed by atoms with van der Waals surface area (Å²) in [5, 5.41) is 18.5. The standard InChI is InChI=1S/C17H20BN3O3/c22-17(14-5-3-6-15(13-14)18(23)24)21-10-4-9-20(11-12-21)16-7-1-2-8-19-16/h1-3,5-8,13,23-24H,4,9-12H2. The highest BCUT2D eigenvalue weighted by Gasteiger charge is 2.22. The molecule has 1 aromatic carbocycles. The van der Waals surface area contributed by atoms with Crippen molar-refractivity contribution in [2.24, 2.45) is 0 Å². The van der Waals surface area contributed by atoms with E-state index in [4.69, 9.17) is 0 Å². The Morgan fingerprint density at radius 1 is 1.04 bits per heavy atom. The highest BCUT2D eigenvalue weighted by atomic mass is 16.4. The molecule has 0 saturated carbocycles. The number of hydrogen-bond acceptors (Lipinski definition) is 5. The first-order chi connectivity index (χ1) is 11.6. The minimum Gasteiger partial charge on any atom is -0.423 e. The van der Waals surface area contributed by atoms with E-state index in [1.54, 1.807) is 24.4 Å². The lowest BCUT2D eigenvalue weighted by atomic mass is 9.79. The van der Waals surface area contributed by atoms with Gasteiger partial charge in [0.15, 0.2) is 0 Å². The fraction of sp³-hybridized carbons (Fsp3) is 0.294. The van der Waals surface area contributed by atoms with Crippen LogP contribution in [0.1, 0.15) is 16.8 Å². The first-order valence-corrected chi connectivity index (χ1v) is 8.06. The molecule has 0 atom stereocenters. The van der Waals surface area contributed by atoms with Crippen molar-refractivity contribution in [3.05, 3.63) is 54.2 Å². The molecular formula is C17H20BN3O3. The Bertz CT molecular complexity index is 696. The summed E-state index contributed by atoms with van der Waals surface area (Å²) in [6.07, 6.45) is 2.64. The Balaban J connectivity index is 1.69. The largest absolute Gasteiger partial charge is 0.488 e. The van der Waals surface area contributed by atoms with Gasteiger partial charge in [-0.25, -0.2) is 4.98 Å². The lowest BCUT2D eigenvalue weighted by Gasteiger charge is -2.23. The maximum absolute atomic E-state index is 12.7. The molecule has 124 valence electrons. The maximum atomic E-state index is 12.7. The Morgan fingerprint density at radius 3 is 2.67 bits per heavy atom.